The van der Waals surface area contributed by atoms with Crippen LogP contribution in [0.3, 0.4) is 0 Å². The first-order valence-corrected chi connectivity index (χ1v) is 11.4. The minimum atomic E-state index is -0.182. The van der Waals surface area contributed by atoms with Gasteiger partial charge in [0.15, 0.2) is 11.5 Å². The van der Waals surface area contributed by atoms with Crippen molar-refractivity contribution in [1.29, 1.82) is 0 Å². The number of furan rings is 1. The van der Waals surface area contributed by atoms with E-state index in [2.05, 4.69) is 10.4 Å². The number of carbonyl (C=O) groups is 2. The molecule has 32 heavy (non-hydrogen) atoms. The van der Waals surface area contributed by atoms with E-state index in [1.165, 1.54) is 12.8 Å². The maximum Gasteiger partial charge on any atom is 0.274 e. The van der Waals surface area contributed by atoms with Crippen molar-refractivity contribution in [3.63, 3.8) is 0 Å². The van der Waals surface area contributed by atoms with Gasteiger partial charge in [-0.15, -0.1) is 0 Å². The highest BCUT2D eigenvalue weighted by Gasteiger charge is 2.31. The molecular weight excluding hydrogens is 428 g/mol. The zero-order valence-electron chi connectivity index (χ0n) is 17.7. The molecule has 1 saturated carbocycles. The number of nitrogens with zero attached hydrogens (tertiary/aromatic N) is 3. The van der Waals surface area contributed by atoms with Gasteiger partial charge < -0.3 is 14.6 Å². The molecule has 2 amide bonds. The van der Waals surface area contributed by atoms with Gasteiger partial charge in [-0.25, -0.2) is 4.68 Å². The van der Waals surface area contributed by atoms with E-state index in [1.54, 1.807) is 40.1 Å². The zero-order chi connectivity index (χ0) is 22.1. The molecule has 2 fully saturated rings. The van der Waals surface area contributed by atoms with Crippen molar-refractivity contribution >= 4 is 23.4 Å². The average Bonchev–Trinajstić information content (AvgIpc) is 3.29. The first-order valence-electron chi connectivity index (χ1n) is 11.1. The van der Waals surface area contributed by atoms with E-state index in [1.807, 2.05) is 18.2 Å². The van der Waals surface area contributed by atoms with Crippen LogP contribution in [-0.2, 0) is 4.79 Å². The summed E-state index contributed by atoms with van der Waals surface area (Å²) in [6, 6.07) is 12.6. The highest BCUT2D eigenvalue weighted by molar-refractivity contribution is 6.30. The van der Waals surface area contributed by atoms with Crippen LogP contribution in [-0.4, -0.2) is 46.1 Å². The fraction of sp³-hybridized carbons (Fsp3) is 0.375. The molecule has 1 unspecified atom stereocenters. The quantitative estimate of drug-likeness (QED) is 0.608. The van der Waals surface area contributed by atoms with Crippen molar-refractivity contribution in [2.24, 2.45) is 11.8 Å². The van der Waals surface area contributed by atoms with Crippen molar-refractivity contribution in [3.05, 3.63) is 59.4 Å². The number of piperidine rings is 1. The monoisotopic (exact) mass is 452 g/mol. The van der Waals surface area contributed by atoms with Gasteiger partial charge >= 0.3 is 0 Å². The van der Waals surface area contributed by atoms with Gasteiger partial charge in [0, 0.05) is 30.7 Å². The summed E-state index contributed by atoms with van der Waals surface area (Å²) in [5.41, 5.74) is 1.71. The van der Waals surface area contributed by atoms with Crippen LogP contribution < -0.4 is 5.32 Å². The molecule has 1 N–H and O–H groups in total. The Morgan fingerprint density at radius 1 is 1.16 bits per heavy atom. The van der Waals surface area contributed by atoms with Crippen LogP contribution >= 0.6 is 11.6 Å². The Bertz CT molecular complexity index is 1120. The van der Waals surface area contributed by atoms with Crippen molar-refractivity contribution in [2.45, 2.75) is 25.7 Å². The van der Waals surface area contributed by atoms with Gasteiger partial charge in [0.05, 0.1) is 17.9 Å². The molecule has 1 aliphatic heterocycles. The molecule has 8 heteroatoms. The molecule has 0 spiro atoms. The molecule has 3 aromatic rings. The summed E-state index contributed by atoms with van der Waals surface area (Å²) in [4.78, 5) is 27.6. The number of likely N-dealkylation sites (tertiary alicyclic amines) is 1. The van der Waals surface area contributed by atoms with E-state index in [0.29, 0.717) is 41.2 Å². The molecular formula is C24H25ClN4O3. The summed E-state index contributed by atoms with van der Waals surface area (Å²) in [7, 11) is 0. The van der Waals surface area contributed by atoms with Crippen LogP contribution in [0.2, 0.25) is 5.02 Å². The molecule has 1 aliphatic carbocycles. The lowest BCUT2D eigenvalue weighted by molar-refractivity contribution is -0.126. The smallest absolute Gasteiger partial charge is 0.274 e. The van der Waals surface area contributed by atoms with E-state index in [0.717, 1.165) is 25.1 Å². The van der Waals surface area contributed by atoms with Crippen molar-refractivity contribution in [3.8, 4) is 17.1 Å². The van der Waals surface area contributed by atoms with Gasteiger partial charge in [0.1, 0.15) is 5.69 Å². The van der Waals surface area contributed by atoms with E-state index >= 15 is 0 Å². The number of hydrogen-bond acceptors (Lipinski definition) is 4. The lowest BCUT2D eigenvalue weighted by atomic mass is 9.96. The predicted octanol–water partition coefficient (Wildman–Crippen LogP) is 4.16. The maximum atomic E-state index is 13.3. The number of halogens is 1. The highest BCUT2D eigenvalue weighted by atomic mass is 35.5. The minimum Gasteiger partial charge on any atom is -0.463 e. The van der Waals surface area contributed by atoms with Crippen LogP contribution in [0.1, 0.15) is 36.2 Å². The predicted molar refractivity (Wildman–Crippen MR) is 121 cm³/mol. The van der Waals surface area contributed by atoms with Crippen molar-refractivity contribution < 1.29 is 14.0 Å². The fourth-order valence-corrected chi connectivity index (χ4v) is 4.32. The molecule has 0 radical (unpaired) electrons. The number of hydrogen-bond donors (Lipinski definition) is 1. The molecule has 1 aromatic carbocycles. The summed E-state index contributed by atoms with van der Waals surface area (Å²) in [6.07, 6.45) is 5.58. The minimum absolute atomic E-state index is 0.0510. The first kappa shape index (κ1) is 20.8. The third-order valence-corrected chi connectivity index (χ3v) is 6.33. The zero-order valence-corrected chi connectivity index (χ0v) is 18.4. The summed E-state index contributed by atoms with van der Waals surface area (Å²) < 4.78 is 7.25. The number of amides is 2. The van der Waals surface area contributed by atoms with Crippen molar-refractivity contribution in [2.75, 3.05) is 19.6 Å². The highest BCUT2D eigenvalue weighted by Crippen LogP contribution is 2.29. The fourth-order valence-electron chi connectivity index (χ4n) is 4.14. The second-order valence-corrected chi connectivity index (χ2v) is 9.00. The number of aromatic nitrogens is 2. The average molecular weight is 453 g/mol. The van der Waals surface area contributed by atoms with E-state index in [4.69, 9.17) is 16.0 Å². The van der Waals surface area contributed by atoms with E-state index < -0.39 is 0 Å². The van der Waals surface area contributed by atoms with Gasteiger partial charge in [-0.3, -0.25) is 9.59 Å². The molecule has 3 heterocycles. The van der Waals surface area contributed by atoms with Crippen LogP contribution in [0, 0.1) is 11.8 Å². The van der Waals surface area contributed by atoms with Crippen LogP contribution in [0.4, 0.5) is 0 Å². The molecule has 2 aromatic heterocycles. The van der Waals surface area contributed by atoms with Crippen LogP contribution in [0.25, 0.3) is 17.1 Å². The normalized spacial score (nSPS) is 18.5. The topological polar surface area (TPSA) is 80.4 Å². The Balaban J connectivity index is 1.38. The number of benzene rings is 1. The number of rotatable bonds is 6. The summed E-state index contributed by atoms with van der Waals surface area (Å²) in [5, 5.41) is 8.22. The van der Waals surface area contributed by atoms with Gasteiger partial charge in [-0.2, -0.15) is 5.10 Å². The summed E-state index contributed by atoms with van der Waals surface area (Å²) in [6.45, 7) is 1.78. The third-order valence-electron chi connectivity index (χ3n) is 6.10. The van der Waals surface area contributed by atoms with Crippen molar-refractivity contribution in [1.82, 2.24) is 20.0 Å². The van der Waals surface area contributed by atoms with Crippen LogP contribution in [0.5, 0.6) is 0 Å². The standard InChI is InChI=1S/C24H25ClN4O3/c25-18-5-1-6-19(12-18)29-21(22-7-3-11-32-22)13-20(27-29)24(31)28-10-2-4-17(15-28)23(30)26-14-16-8-9-16/h1,3,5-7,11-13,16-17H,2,4,8-10,14-15H2,(H,26,30). The summed E-state index contributed by atoms with van der Waals surface area (Å²) in [5.74, 6) is 0.933. The molecule has 5 rings (SSSR count). The number of carbonyl (C=O) groups excluding carboxylic acids is 2. The van der Waals surface area contributed by atoms with Gasteiger partial charge in [0.2, 0.25) is 5.91 Å². The van der Waals surface area contributed by atoms with Gasteiger partial charge in [-0.05, 0) is 61.9 Å². The molecule has 2 aliphatic rings. The molecule has 1 saturated heterocycles. The lowest BCUT2D eigenvalue weighted by Gasteiger charge is -2.31. The lowest BCUT2D eigenvalue weighted by Crippen LogP contribution is -2.45. The Morgan fingerprint density at radius 2 is 2.03 bits per heavy atom. The van der Waals surface area contributed by atoms with Gasteiger partial charge in [0.25, 0.3) is 5.91 Å². The van der Waals surface area contributed by atoms with E-state index in [-0.39, 0.29) is 17.7 Å². The van der Waals surface area contributed by atoms with Gasteiger partial charge in [-0.1, -0.05) is 17.7 Å². The second-order valence-electron chi connectivity index (χ2n) is 8.56. The Hall–Kier alpha value is -3.06. The molecule has 1 atom stereocenters. The third kappa shape index (κ3) is 4.43. The SMILES string of the molecule is O=C(NCC1CC1)C1CCCN(C(=O)c2cc(-c3ccco3)n(-c3cccc(Cl)c3)n2)C1. The Morgan fingerprint density at radius 3 is 2.78 bits per heavy atom. The van der Waals surface area contributed by atoms with E-state index in [9.17, 15) is 9.59 Å². The molecule has 166 valence electrons. The largest absolute Gasteiger partial charge is 0.463 e. The Kier molecular flexibility index (Phi) is 5.74. The number of nitrogens with one attached hydrogen (secondary N) is 1. The molecule has 7 nitrogen and oxygen atoms in total. The molecule has 0 bridgehead atoms. The Labute approximate surface area is 191 Å². The second kappa shape index (κ2) is 8.82. The summed E-state index contributed by atoms with van der Waals surface area (Å²) >= 11 is 6.18. The first-order chi connectivity index (χ1) is 15.6. The van der Waals surface area contributed by atoms with Crippen LogP contribution in [0.15, 0.2) is 53.1 Å². The maximum absolute atomic E-state index is 13.3.